The van der Waals surface area contributed by atoms with Crippen molar-refractivity contribution >= 4 is 39.3 Å². The lowest BCUT2D eigenvalue weighted by atomic mass is 10.3. The van der Waals surface area contributed by atoms with E-state index in [1.54, 1.807) is 11.3 Å². The predicted octanol–water partition coefficient (Wildman–Crippen LogP) is 1.97. The summed E-state index contributed by atoms with van der Waals surface area (Å²) in [6.45, 7) is 6.20. The van der Waals surface area contributed by atoms with Crippen LogP contribution in [0.1, 0.15) is 5.56 Å². The van der Waals surface area contributed by atoms with Gasteiger partial charge in [0.2, 0.25) is 5.95 Å². The van der Waals surface area contributed by atoms with E-state index in [1.165, 1.54) is 5.56 Å². The normalized spacial score (nSPS) is 15.8. The lowest BCUT2D eigenvalue weighted by molar-refractivity contribution is -0.192. The second kappa shape index (κ2) is 7.40. The standard InChI is InChI=1S/C12H17N5S.C2HF3O2/c1-8-7-18-10-9(8)14-12(13)15-11(10)17-5-3-16(2)4-6-17;3-2(4,5)1(6)7/h7H,3-6H2,1-2H3,(H2,13,14,15);(H,6,7). The van der Waals surface area contributed by atoms with Gasteiger partial charge in [0, 0.05) is 26.2 Å². The molecule has 3 N–H and O–H groups in total. The van der Waals surface area contributed by atoms with Crippen molar-refractivity contribution in [3.05, 3.63) is 10.9 Å². The van der Waals surface area contributed by atoms with E-state index >= 15 is 0 Å². The largest absolute Gasteiger partial charge is 0.490 e. The molecule has 0 atom stereocenters. The zero-order valence-electron chi connectivity index (χ0n) is 13.7. The number of nitrogen functional groups attached to an aromatic ring is 1. The molecule has 1 saturated heterocycles. The Morgan fingerprint density at radius 2 is 1.84 bits per heavy atom. The molecule has 25 heavy (non-hydrogen) atoms. The molecule has 138 valence electrons. The number of nitrogens with zero attached hydrogens (tertiary/aromatic N) is 4. The third kappa shape index (κ3) is 4.69. The van der Waals surface area contributed by atoms with E-state index in [4.69, 9.17) is 15.6 Å². The summed E-state index contributed by atoms with van der Waals surface area (Å²) in [7, 11) is 2.15. The van der Waals surface area contributed by atoms with E-state index < -0.39 is 12.1 Å². The quantitative estimate of drug-likeness (QED) is 0.784. The maximum absolute atomic E-state index is 10.6. The minimum Gasteiger partial charge on any atom is -0.475 e. The van der Waals surface area contributed by atoms with Crippen LogP contribution in [0, 0.1) is 6.92 Å². The topological polar surface area (TPSA) is 95.6 Å². The molecule has 0 spiro atoms. The smallest absolute Gasteiger partial charge is 0.475 e. The second-order valence-electron chi connectivity index (χ2n) is 5.60. The van der Waals surface area contributed by atoms with Crippen LogP contribution in [-0.4, -0.2) is 65.3 Å². The molecule has 3 heterocycles. The van der Waals surface area contributed by atoms with Gasteiger partial charge in [-0.2, -0.15) is 18.2 Å². The summed E-state index contributed by atoms with van der Waals surface area (Å²) in [6.07, 6.45) is -5.08. The molecule has 0 saturated carbocycles. The molecule has 1 aliphatic rings. The van der Waals surface area contributed by atoms with Crippen LogP contribution in [0.15, 0.2) is 5.38 Å². The highest BCUT2D eigenvalue weighted by molar-refractivity contribution is 7.18. The first-order chi connectivity index (χ1) is 11.6. The molecular weight excluding hydrogens is 359 g/mol. The van der Waals surface area contributed by atoms with Crippen LogP contribution in [0.2, 0.25) is 0 Å². The summed E-state index contributed by atoms with van der Waals surface area (Å²) in [4.78, 5) is 22.3. The number of carboxylic acids is 1. The van der Waals surface area contributed by atoms with Gasteiger partial charge in [0.1, 0.15) is 0 Å². The second-order valence-corrected chi connectivity index (χ2v) is 6.47. The highest BCUT2D eigenvalue weighted by atomic mass is 32.1. The number of thiophene rings is 1. The highest BCUT2D eigenvalue weighted by Gasteiger charge is 2.38. The SMILES string of the molecule is Cc1csc2c(N3CCN(C)CC3)nc(N)nc12.O=C(O)C(F)(F)F. The molecule has 1 fully saturated rings. The number of hydrogen-bond donors (Lipinski definition) is 2. The number of carboxylic acid groups (broad SMARTS) is 1. The molecule has 0 unspecified atom stereocenters. The number of likely N-dealkylation sites (N-methyl/N-ethyl adjacent to an activating group) is 1. The Bertz CT molecular complexity index is 757. The van der Waals surface area contributed by atoms with E-state index in [0.717, 1.165) is 42.2 Å². The van der Waals surface area contributed by atoms with Gasteiger partial charge in [-0.05, 0) is 24.9 Å². The van der Waals surface area contributed by atoms with Crippen molar-refractivity contribution in [2.24, 2.45) is 0 Å². The number of aliphatic carboxylic acids is 1. The minimum atomic E-state index is -5.08. The number of piperazine rings is 1. The number of halogens is 3. The van der Waals surface area contributed by atoms with E-state index in [2.05, 4.69) is 39.1 Å². The molecule has 3 rings (SSSR count). The van der Waals surface area contributed by atoms with Crippen LogP contribution >= 0.6 is 11.3 Å². The van der Waals surface area contributed by atoms with Gasteiger partial charge >= 0.3 is 12.1 Å². The van der Waals surface area contributed by atoms with Gasteiger partial charge in [0.25, 0.3) is 0 Å². The monoisotopic (exact) mass is 377 g/mol. The fraction of sp³-hybridized carbons (Fsp3) is 0.500. The van der Waals surface area contributed by atoms with Gasteiger partial charge in [0.05, 0.1) is 10.2 Å². The van der Waals surface area contributed by atoms with Gasteiger partial charge in [-0.1, -0.05) is 0 Å². The van der Waals surface area contributed by atoms with Crippen LogP contribution in [0.3, 0.4) is 0 Å². The van der Waals surface area contributed by atoms with Crippen molar-refractivity contribution in [2.75, 3.05) is 43.9 Å². The fourth-order valence-electron chi connectivity index (χ4n) is 2.27. The Morgan fingerprint density at radius 3 is 2.36 bits per heavy atom. The highest BCUT2D eigenvalue weighted by Crippen LogP contribution is 2.32. The van der Waals surface area contributed by atoms with Gasteiger partial charge in [0.15, 0.2) is 5.82 Å². The molecule has 0 bridgehead atoms. The lowest BCUT2D eigenvalue weighted by Crippen LogP contribution is -2.44. The Morgan fingerprint density at radius 1 is 1.28 bits per heavy atom. The van der Waals surface area contributed by atoms with Crippen molar-refractivity contribution in [3.63, 3.8) is 0 Å². The molecule has 0 aliphatic carbocycles. The van der Waals surface area contributed by atoms with Crippen LogP contribution in [0.4, 0.5) is 24.9 Å². The Labute approximate surface area is 145 Å². The molecule has 0 radical (unpaired) electrons. The van der Waals surface area contributed by atoms with E-state index in [0.29, 0.717) is 5.95 Å². The Balaban J connectivity index is 0.000000277. The molecule has 0 amide bonds. The number of fused-ring (bicyclic) bond motifs is 1. The van der Waals surface area contributed by atoms with Crippen molar-refractivity contribution < 1.29 is 23.1 Å². The summed E-state index contributed by atoms with van der Waals surface area (Å²) in [5.74, 6) is -1.38. The van der Waals surface area contributed by atoms with Crippen LogP contribution < -0.4 is 10.6 Å². The van der Waals surface area contributed by atoms with Crippen molar-refractivity contribution in [1.29, 1.82) is 0 Å². The molecule has 2 aromatic heterocycles. The number of aryl methyl sites for hydroxylation is 1. The average Bonchev–Trinajstić information content (AvgIpc) is 2.88. The molecule has 11 heteroatoms. The fourth-order valence-corrected chi connectivity index (χ4v) is 3.27. The summed E-state index contributed by atoms with van der Waals surface area (Å²) in [5.41, 5.74) is 8.01. The number of anilines is 2. The first kappa shape index (κ1) is 19.2. The zero-order valence-corrected chi connectivity index (χ0v) is 14.5. The number of alkyl halides is 3. The van der Waals surface area contributed by atoms with Gasteiger partial charge in [-0.15, -0.1) is 11.3 Å². The first-order valence-corrected chi connectivity index (χ1v) is 8.22. The maximum Gasteiger partial charge on any atom is 0.490 e. The van der Waals surface area contributed by atoms with Gasteiger partial charge in [-0.3, -0.25) is 0 Å². The number of aromatic nitrogens is 2. The van der Waals surface area contributed by atoms with Crippen LogP contribution in [-0.2, 0) is 4.79 Å². The Hall–Kier alpha value is -2.14. The third-order valence-corrected chi connectivity index (χ3v) is 4.72. The molecule has 2 aromatic rings. The molecule has 0 aromatic carbocycles. The number of nitrogens with two attached hydrogens (primary N) is 1. The van der Waals surface area contributed by atoms with Gasteiger partial charge < -0.3 is 20.6 Å². The predicted molar refractivity (Wildman–Crippen MR) is 90.0 cm³/mol. The van der Waals surface area contributed by atoms with Crippen molar-refractivity contribution in [2.45, 2.75) is 13.1 Å². The summed E-state index contributed by atoms with van der Waals surface area (Å²) >= 11 is 1.71. The summed E-state index contributed by atoms with van der Waals surface area (Å²) in [5, 5.41) is 9.25. The third-order valence-electron chi connectivity index (χ3n) is 3.64. The zero-order chi connectivity index (χ0) is 18.8. The van der Waals surface area contributed by atoms with Crippen LogP contribution in [0.25, 0.3) is 10.2 Å². The Kier molecular flexibility index (Phi) is 5.68. The minimum absolute atomic E-state index is 0.373. The van der Waals surface area contributed by atoms with Crippen molar-refractivity contribution in [3.8, 4) is 0 Å². The summed E-state index contributed by atoms with van der Waals surface area (Å²) < 4.78 is 32.9. The van der Waals surface area contributed by atoms with Gasteiger partial charge in [-0.25, -0.2) is 9.78 Å². The first-order valence-electron chi connectivity index (χ1n) is 7.34. The molecule has 7 nitrogen and oxygen atoms in total. The van der Waals surface area contributed by atoms with Crippen LogP contribution in [0.5, 0.6) is 0 Å². The molecule has 1 aliphatic heterocycles. The van der Waals surface area contributed by atoms with E-state index in [1.807, 2.05) is 0 Å². The molecular formula is C14H18F3N5O2S. The van der Waals surface area contributed by atoms with E-state index in [9.17, 15) is 13.2 Å². The van der Waals surface area contributed by atoms with Crippen molar-refractivity contribution in [1.82, 2.24) is 14.9 Å². The number of carbonyl (C=O) groups is 1. The lowest BCUT2D eigenvalue weighted by Gasteiger charge is -2.33. The summed E-state index contributed by atoms with van der Waals surface area (Å²) in [6, 6.07) is 0. The average molecular weight is 377 g/mol. The maximum atomic E-state index is 10.6. The number of hydrogen-bond acceptors (Lipinski definition) is 7. The number of rotatable bonds is 1. The van der Waals surface area contributed by atoms with E-state index in [-0.39, 0.29) is 0 Å².